The van der Waals surface area contributed by atoms with Gasteiger partial charge in [0.2, 0.25) is 0 Å². The Morgan fingerprint density at radius 2 is 1.58 bits per heavy atom. The summed E-state index contributed by atoms with van der Waals surface area (Å²) in [5.41, 5.74) is 0.895. The first-order chi connectivity index (χ1) is 14.4. The summed E-state index contributed by atoms with van der Waals surface area (Å²) in [6.07, 6.45) is -4.40. The summed E-state index contributed by atoms with van der Waals surface area (Å²) in [5, 5.41) is 4.13. The number of hydrogen-bond acceptors (Lipinski definition) is 3. The molecule has 0 saturated heterocycles. The van der Waals surface area contributed by atoms with Crippen LogP contribution in [-0.2, 0) is 22.0 Å². The standard InChI is InChI=1S/C24H28F3NO2Si/c1-23(2,3)31(4,5)30-17-9-12-22(28-29-18-19-10-7-6-8-11-19)20-13-15-21(16-14-20)24(25,26)27/h6-8,10-11,13-16H,17-18H2,1-5H3/b28-22-. The predicted molar refractivity (Wildman–Crippen MR) is 120 cm³/mol. The van der Waals surface area contributed by atoms with Crippen molar-refractivity contribution in [2.45, 2.75) is 51.7 Å². The highest BCUT2D eigenvalue weighted by molar-refractivity contribution is 6.74. The molecule has 2 aromatic rings. The predicted octanol–water partition coefficient (Wildman–Crippen LogP) is 6.65. The highest BCUT2D eigenvalue weighted by Crippen LogP contribution is 2.36. The maximum atomic E-state index is 12.9. The molecule has 3 nitrogen and oxygen atoms in total. The molecule has 0 unspecified atom stereocenters. The van der Waals surface area contributed by atoms with Gasteiger partial charge in [-0.05, 0) is 41.7 Å². The molecular weight excluding hydrogens is 419 g/mol. The number of halogens is 3. The lowest BCUT2D eigenvalue weighted by Crippen LogP contribution is -2.40. The van der Waals surface area contributed by atoms with Crippen LogP contribution in [0.1, 0.15) is 37.5 Å². The quantitative estimate of drug-likeness (QED) is 0.215. The summed E-state index contributed by atoms with van der Waals surface area (Å²) >= 11 is 0. The normalized spacial score (nSPS) is 12.8. The van der Waals surface area contributed by atoms with Crippen LogP contribution in [0.2, 0.25) is 18.1 Å². The molecule has 0 radical (unpaired) electrons. The van der Waals surface area contributed by atoms with Crippen LogP contribution >= 0.6 is 0 Å². The second-order valence-corrected chi connectivity index (χ2v) is 13.4. The molecule has 0 aromatic heterocycles. The Morgan fingerprint density at radius 1 is 0.968 bits per heavy atom. The second kappa shape index (κ2) is 10.2. The van der Waals surface area contributed by atoms with E-state index in [0.29, 0.717) is 5.56 Å². The summed E-state index contributed by atoms with van der Waals surface area (Å²) < 4.78 is 44.7. The first-order valence-corrected chi connectivity index (χ1v) is 12.9. The maximum Gasteiger partial charge on any atom is 0.416 e. The van der Waals surface area contributed by atoms with Gasteiger partial charge in [-0.1, -0.05) is 74.3 Å². The average molecular weight is 448 g/mol. The summed E-state index contributed by atoms with van der Waals surface area (Å²) in [6.45, 7) is 11.1. The fourth-order valence-corrected chi connectivity index (χ4v) is 3.13. The van der Waals surface area contributed by atoms with E-state index in [-0.39, 0.29) is 24.0 Å². The first kappa shape index (κ1) is 24.7. The Hall–Kier alpha value is -2.56. The van der Waals surface area contributed by atoms with Crippen LogP contribution in [0.4, 0.5) is 13.2 Å². The summed E-state index contributed by atoms with van der Waals surface area (Å²) in [6, 6.07) is 14.2. The molecular formula is C24H28F3NO2Si. The van der Waals surface area contributed by atoms with Gasteiger partial charge in [-0.3, -0.25) is 0 Å². The monoisotopic (exact) mass is 447 g/mol. The van der Waals surface area contributed by atoms with Gasteiger partial charge in [-0.15, -0.1) is 0 Å². The van der Waals surface area contributed by atoms with E-state index < -0.39 is 20.1 Å². The molecule has 0 atom stereocenters. The number of nitrogens with zero attached hydrogens (tertiary/aromatic N) is 1. The average Bonchev–Trinajstić information content (AvgIpc) is 2.69. The van der Waals surface area contributed by atoms with Gasteiger partial charge in [0.1, 0.15) is 6.61 Å². The van der Waals surface area contributed by atoms with Crippen LogP contribution in [0, 0.1) is 11.8 Å². The fourth-order valence-electron chi connectivity index (χ4n) is 2.26. The van der Waals surface area contributed by atoms with Gasteiger partial charge in [0, 0.05) is 5.56 Å². The van der Waals surface area contributed by atoms with Crippen molar-refractivity contribution in [2.75, 3.05) is 6.61 Å². The molecule has 166 valence electrons. The molecule has 0 heterocycles. The number of benzene rings is 2. The van der Waals surface area contributed by atoms with E-state index in [1.165, 1.54) is 12.1 Å². The molecule has 31 heavy (non-hydrogen) atoms. The van der Waals surface area contributed by atoms with E-state index in [0.717, 1.165) is 17.7 Å². The van der Waals surface area contributed by atoms with Gasteiger partial charge in [0.05, 0.1) is 12.2 Å². The zero-order valence-corrected chi connectivity index (χ0v) is 19.5. The number of oxime groups is 1. The van der Waals surface area contributed by atoms with E-state index in [2.05, 4.69) is 50.9 Å². The molecule has 0 bridgehead atoms. The molecule has 0 aliphatic carbocycles. The van der Waals surface area contributed by atoms with Crippen molar-refractivity contribution < 1.29 is 22.4 Å². The minimum absolute atomic E-state index is 0.0534. The van der Waals surface area contributed by atoms with Crippen molar-refractivity contribution in [2.24, 2.45) is 5.16 Å². The Kier molecular flexibility index (Phi) is 8.10. The minimum atomic E-state index is -4.40. The zero-order valence-electron chi connectivity index (χ0n) is 18.5. The fraction of sp³-hybridized carbons (Fsp3) is 0.375. The molecule has 0 N–H and O–H groups in total. The molecule has 0 fully saturated rings. The number of rotatable bonds is 6. The first-order valence-electron chi connectivity index (χ1n) is 9.94. The van der Waals surface area contributed by atoms with E-state index >= 15 is 0 Å². The lowest BCUT2D eigenvalue weighted by Gasteiger charge is -2.35. The summed E-state index contributed by atoms with van der Waals surface area (Å²) in [7, 11) is -1.95. The molecule has 0 aliphatic rings. The van der Waals surface area contributed by atoms with Crippen LogP contribution in [0.3, 0.4) is 0 Å². The van der Waals surface area contributed by atoms with Crippen LogP contribution in [0.5, 0.6) is 0 Å². The molecule has 2 aromatic carbocycles. The highest BCUT2D eigenvalue weighted by Gasteiger charge is 2.36. The highest BCUT2D eigenvalue weighted by atomic mass is 28.4. The SMILES string of the molecule is CC(C)(C)[Si](C)(C)OCC#C/C(=N/OCc1ccccc1)c1ccc(C(F)(F)F)cc1. The third-order valence-corrected chi connectivity index (χ3v) is 9.71. The molecule has 0 amide bonds. The second-order valence-electron chi connectivity index (χ2n) is 8.62. The molecule has 2 rings (SSSR count). The molecule has 7 heteroatoms. The molecule has 0 saturated carbocycles. The van der Waals surface area contributed by atoms with E-state index in [1.54, 1.807) is 0 Å². The Balaban J connectivity index is 2.19. The lowest BCUT2D eigenvalue weighted by atomic mass is 10.1. The zero-order chi connectivity index (χ0) is 23.1. The lowest BCUT2D eigenvalue weighted by molar-refractivity contribution is -0.137. The van der Waals surface area contributed by atoms with E-state index in [4.69, 9.17) is 9.26 Å². The Morgan fingerprint density at radius 3 is 2.13 bits per heavy atom. The van der Waals surface area contributed by atoms with Gasteiger partial charge in [0.25, 0.3) is 0 Å². The summed E-state index contributed by atoms with van der Waals surface area (Å²) in [5.74, 6) is 5.83. The van der Waals surface area contributed by atoms with Crippen molar-refractivity contribution >= 4 is 14.0 Å². The Labute approximate surface area is 183 Å². The van der Waals surface area contributed by atoms with Gasteiger partial charge in [-0.25, -0.2) is 0 Å². The third kappa shape index (κ3) is 7.57. The molecule has 0 aliphatic heterocycles. The van der Waals surface area contributed by atoms with E-state index in [1.807, 2.05) is 30.3 Å². The van der Waals surface area contributed by atoms with Crippen LogP contribution < -0.4 is 0 Å². The van der Waals surface area contributed by atoms with Crippen molar-refractivity contribution in [3.63, 3.8) is 0 Å². The maximum absolute atomic E-state index is 12.9. The van der Waals surface area contributed by atoms with Gasteiger partial charge in [-0.2, -0.15) is 13.2 Å². The van der Waals surface area contributed by atoms with Crippen molar-refractivity contribution in [1.29, 1.82) is 0 Å². The van der Waals surface area contributed by atoms with Gasteiger partial charge < -0.3 is 9.26 Å². The number of alkyl halides is 3. The minimum Gasteiger partial charge on any atom is -0.406 e. The van der Waals surface area contributed by atoms with Crippen LogP contribution in [-0.4, -0.2) is 20.6 Å². The summed E-state index contributed by atoms with van der Waals surface area (Å²) in [4.78, 5) is 5.42. The van der Waals surface area contributed by atoms with Crippen molar-refractivity contribution in [1.82, 2.24) is 0 Å². The smallest absolute Gasteiger partial charge is 0.406 e. The van der Waals surface area contributed by atoms with Crippen molar-refractivity contribution in [3.05, 3.63) is 71.3 Å². The van der Waals surface area contributed by atoms with Crippen molar-refractivity contribution in [3.8, 4) is 11.8 Å². The largest absolute Gasteiger partial charge is 0.416 e. The Bertz CT molecular complexity index is 935. The molecule has 0 spiro atoms. The number of hydrogen-bond donors (Lipinski definition) is 0. The van der Waals surface area contributed by atoms with E-state index in [9.17, 15) is 13.2 Å². The van der Waals surface area contributed by atoms with Crippen LogP contribution in [0.25, 0.3) is 0 Å². The van der Waals surface area contributed by atoms with Gasteiger partial charge in [0.15, 0.2) is 14.0 Å². The third-order valence-electron chi connectivity index (χ3n) is 5.23. The topological polar surface area (TPSA) is 30.8 Å². The van der Waals surface area contributed by atoms with Gasteiger partial charge >= 0.3 is 6.18 Å². The van der Waals surface area contributed by atoms with Crippen LogP contribution in [0.15, 0.2) is 59.8 Å².